The normalized spacial score (nSPS) is 20.5. The third-order valence-corrected chi connectivity index (χ3v) is 5.81. The van der Waals surface area contributed by atoms with Gasteiger partial charge < -0.3 is 0 Å². The van der Waals surface area contributed by atoms with Crippen LogP contribution in [0.25, 0.3) is 0 Å². The first-order valence-electron chi connectivity index (χ1n) is 4.63. The maximum absolute atomic E-state index is 10.7. The number of thiazole rings is 1. The monoisotopic (exact) mass is 273 g/mol. The highest BCUT2D eigenvalue weighted by atomic mass is 79.9. The highest BCUT2D eigenvalue weighted by Crippen LogP contribution is 2.58. The second kappa shape index (κ2) is 3.42. The number of aryl methyl sites for hydroxylation is 1. The Morgan fingerprint density at radius 2 is 2.29 bits per heavy atom. The lowest BCUT2D eigenvalue weighted by atomic mass is 10.1. The Hall–Kier alpha value is -0.220. The molecule has 1 aliphatic rings. The lowest BCUT2D eigenvalue weighted by Gasteiger charge is -2.13. The summed E-state index contributed by atoms with van der Waals surface area (Å²) in [5.41, 5.74) is 1.22. The number of aromatic nitrogens is 1. The van der Waals surface area contributed by atoms with Gasteiger partial charge in [0.1, 0.15) is 5.01 Å². The molecule has 0 amide bonds. The van der Waals surface area contributed by atoms with Crippen molar-refractivity contribution in [1.82, 2.24) is 4.98 Å². The number of hydrogen-bond acceptors (Lipinski definition) is 3. The molecule has 2 rings (SSSR count). The van der Waals surface area contributed by atoms with Gasteiger partial charge in [-0.1, -0.05) is 22.9 Å². The molecule has 0 saturated heterocycles. The molecule has 0 aliphatic heterocycles. The van der Waals surface area contributed by atoms with E-state index in [1.54, 1.807) is 0 Å². The first kappa shape index (κ1) is 10.3. The van der Waals surface area contributed by atoms with Gasteiger partial charge in [0.05, 0.1) is 15.4 Å². The van der Waals surface area contributed by atoms with Crippen LogP contribution in [0.5, 0.6) is 0 Å². The summed E-state index contributed by atoms with van der Waals surface area (Å²) in [6, 6.07) is 0. The zero-order valence-corrected chi connectivity index (χ0v) is 10.6. The molecule has 0 N–H and O–H groups in total. The molecule has 1 aliphatic carbocycles. The van der Waals surface area contributed by atoms with E-state index in [0.29, 0.717) is 10.2 Å². The summed E-state index contributed by atoms with van der Waals surface area (Å²) in [5.74, 6) is 0. The Morgan fingerprint density at radius 3 is 2.71 bits per heavy atom. The molecule has 0 bridgehead atoms. The average Bonchev–Trinajstić information content (AvgIpc) is 2.79. The minimum atomic E-state index is 0.312. The summed E-state index contributed by atoms with van der Waals surface area (Å²) in [7, 11) is 0. The number of carbonyl (C=O) groups excluding carboxylic acids is 1. The molecule has 2 nitrogen and oxygen atoms in total. The number of carbonyl (C=O) groups is 1. The Kier molecular flexibility index (Phi) is 2.52. The average molecular weight is 274 g/mol. The van der Waals surface area contributed by atoms with E-state index in [0.717, 1.165) is 21.9 Å². The highest BCUT2D eigenvalue weighted by molar-refractivity contribution is 9.09. The molecule has 1 fully saturated rings. The first-order valence-corrected chi connectivity index (χ1v) is 6.36. The zero-order chi connectivity index (χ0) is 10.3. The van der Waals surface area contributed by atoms with Gasteiger partial charge in [-0.15, -0.1) is 11.3 Å². The second-order valence-corrected chi connectivity index (χ2v) is 6.11. The number of alkyl halides is 1. The molecule has 0 aromatic carbocycles. The van der Waals surface area contributed by atoms with Crippen LogP contribution in [0.2, 0.25) is 0 Å². The molecule has 1 atom stereocenters. The number of hydrogen-bond donors (Lipinski definition) is 0. The Balaban J connectivity index is 2.28. The maximum atomic E-state index is 10.7. The van der Waals surface area contributed by atoms with Gasteiger partial charge in [0.15, 0.2) is 6.29 Å². The van der Waals surface area contributed by atoms with Crippen molar-refractivity contribution in [3.63, 3.8) is 0 Å². The van der Waals surface area contributed by atoms with Gasteiger partial charge in [-0.3, -0.25) is 4.79 Å². The molecule has 1 unspecified atom stereocenters. The summed E-state index contributed by atoms with van der Waals surface area (Å²) >= 11 is 5.19. The quantitative estimate of drug-likeness (QED) is 0.623. The van der Waals surface area contributed by atoms with Gasteiger partial charge >= 0.3 is 0 Å². The summed E-state index contributed by atoms with van der Waals surface area (Å²) in [4.78, 5) is 16.2. The Bertz CT molecular complexity index is 370. The molecule has 14 heavy (non-hydrogen) atoms. The van der Waals surface area contributed by atoms with Gasteiger partial charge in [-0.05, 0) is 25.2 Å². The van der Waals surface area contributed by atoms with Crippen molar-refractivity contribution in [2.24, 2.45) is 5.41 Å². The van der Waals surface area contributed by atoms with Gasteiger partial charge in [-0.2, -0.15) is 0 Å². The number of aldehydes is 1. The summed E-state index contributed by atoms with van der Waals surface area (Å²) in [5, 5.41) is 1.05. The van der Waals surface area contributed by atoms with E-state index in [4.69, 9.17) is 0 Å². The molecular formula is C10H12BrNOS. The zero-order valence-electron chi connectivity index (χ0n) is 8.21. The van der Waals surface area contributed by atoms with Gasteiger partial charge in [0.2, 0.25) is 0 Å². The second-order valence-electron chi connectivity index (χ2n) is 4.14. The fourth-order valence-electron chi connectivity index (χ4n) is 1.40. The van der Waals surface area contributed by atoms with Crippen molar-refractivity contribution in [1.29, 1.82) is 0 Å². The standard InChI is InChI=1S/C10H12BrNOS/c1-6-7(5-13)14-9(12-6)8(11)10(2)3-4-10/h5,8H,3-4H2,1-2H3. The van der Waals surface area contributed by atoms with E-state index in [1.165, 1.54) is 24.2 Å². The summed E-state index contributed by atoms with van der Waals surface area (Å²) in [6.07, 6.45) is 3.39. The minimum absolute atomic E-state index is 0.312. The van der Waals surface area contributed by atoms with Crippen molar-refractivity contribution in [2.45, 2.75) is 31.5 Å². The van der Waals surface area contributed by atoms with Crippen LogP contribution in [0.15, 0.2) is 0 Å². The van der Waals surface area contributed by atoms with E-state index >= 15 is 0 Å². The van der Waals surface area contributed by atoms with Crippen LogP contribution in [-0.2, 0) is 0 Å². The van der Waals surface area contributed by atoms with E-state index in [-0.39, 0.29) is 0 Å². The topological polar surface area (TPSA) is 30.0 Å². The van der Waals surface area contributed by atoms with E-state index in [9.17, 15) is 4.79 Å². The number of halogens is 1. The minimum Gasteiger partial charge on any atom is -0.297 e. The molecular weight excluding hydrogens is 262 g/mol. The lowest BCUT2D eigenvalue weighted by molar-refractivity contribution is 0.112. The predicted octanol–water partition coefficient (Wildman–Crippen LogP) is 3.50. The number of rotatable bonds is 3. The van der Waals surface area contributed by atoms with Crippen LogP contribution in [0.1, 0.15) is 45.0 Å². The third kappa shape index (κ3) is 1.65. The lowest BCUT2D eigenvalue weighted by Crippen LogP contribution is -2.02. The van der Waals surface area contributed by atoms with Crippen LogP contribution >= 0.6 is 27.3 Å². The molecule has 1 saturated carbocycles. The molecule has 4 heteroatoms. The molecule has 0 radical (unpaired) electrons. The molecule has 1 heterocycles. The molecule has 1 aromatic rings. The van der Waals surface area contributed by atoms with Crippen molar-refractivity contribution >= 4 is 33.6 Å². The largest absolute Gasteiger partial charge is 0.297 e. The van der Waals surface area contributed by atoms with Crippen LogP contribution in [-0.4, -0.2) is 11.3 Å². The van der Waals surface area contributed by atoms with Crippen LogP contribution in [0.4, 0.5) is 0 Å². The van der Waals surface area contributed by atoms with E-state index < -0.39 is 0 Å². The smallest absolute Gasteiger partial charge is 0.161 e. The van der Waals surface area contributed by atoms with Crippen LogP contribution in [0, 0.1) is 12.3 Å². The summed E-state index contributed by atoms with van der Waals surface area (Å²) in [6.45, 7) is 4.14. The SMILES string of the molecule is Cc1nc(C(Br)C2(C)CC2)sc1C=O. The maximum Gasteiger partial charge on any atom is 0.161 e. The van der Waals surface area contributed by atoms with Crippen molar-refractivity contribution in [3.05, 3.63) is 15.6 Å². The van der Waals surface area contributed by atoms with Crippen LogP contribution in [0.3, 0.4) is 0 Å². The fourth-order valence-corrected chi connectivity index (χ4v) is 3.27. The Labute approximate surface area is 95.9 Å². The fraction of sp³-hybridized carbons (Fsp3) is 0.600. The summed E-state index contributed by atoms with van der Waals surface area (Å²) < 4.78 is 0. The molecule has 76 valence electrons. The molecule has 0 spiro atoms. The van der Waals surface area contributed by atoms with Crippen molar-refractivity contribution in [3.8, 4) is 0 Å². The van der Waals surface area contributed by atoms with E-state index in [2.05, 4.69) is 27.8 Å². The first-order chi connectivity index (χ1) is 6.57. The van der Waals surface area contributed by atoms with E-state index in [1.807, 2.05) is 6.92 Å². The third-order valence-electron chi connectivity index (χ3n) is 2.82. The highest BCUT2D eigenvalue weighted by Gasteiger charge is 2.45. The predicted molar refractivity (Wildman–Crippen MR) is 61.2 cm³/mol. The van der Waals surface area contributed by atoms with Crippen molar-refractivity contribution in [2.75, 3.05) is 0 Å². The van der Waals surface area contributed by atoms with Gasteiger partial charge in [-0.25, -0.2) is 4.98 Å². The molecule has 1 aromatic heterocycles. The Morgan fingerprint density at radius 1 is 1.64 bits per heavy atom. The number of nitrogens with zero attached hydrogens (tertiary/aromatic N) is 1. The van der Waals surface area contributed by atoms with Crippen molar-refractivity contribution < 1.29 is 4.79 Å². The van der Waals surface area contributed by atoms with Gasteiger partial charge in [0.25, 0.3) is 0 Å². The van der Waals surface area contributed by atoms with Gasteiger partial charge in [0, 0.05) is 0 Å². The van der Waals surface area contributed by atoms with Crippen LogP contribution < -0.4 is 0 Å².